The van der Waals surface area contributed by atoms with E-state index in [1.165, 1.54) is 12.1 Å². The number of benzene rings is 1. The van der Waals surface area contributed by atoms with Gasteiger partial charge in [-0.1, -0.05) is 6.07 Å². The summed E-state index contributed by atoms with van der Waals surface area (Å²) in [6.45, 7) is 3.43. The molecule has 6 nitrogen and oxygen atoms in total. The van der Waals surface area contributed by atoms with Crippen molar-refractivity contribution in [2.75, 3.05) is 6.61 Å². The highest BCUT2D eigenvalue weighted by Gasteiger charge is 2.37. The minimum absolute atomic E-state index is 0.0798. The Hall–Kier alpha value is -3.27. The molecule has 2 aromatic rings. The number of hydrogen-bond acceptors (Lipinski definition) is 5. The highest BCUT2D eigenvalue weighted by Crippen LogP contribution is 2.42. The van der Waals surface area contributed by atoms with Crippen LogP contribution < -0.4 is 5.73 Å². The first-order valence-electron chi connectivity index (χ1n) is 7.70. The number of ether oxygens (including phenoxy) is 2. The van der Waals surface area contributed by atoms with Crippen LogP contribution >= 0.6 is 0 Å². The molecule has 2 heterocycles. The van der Waals surface area contributed by atoms with Gasteiger partial charge in [0.15, 0.2) is 0 Å². The van der Waals surface area contributed by atoms with Gasteiger partial charge in [-0.2, -0.15) is 5.26 Å². The molecular weight excluding hydrogens is 325 g/mol. The lowest BCUT2D eigenvalue weighted by Gasteiger charge is -2.27. The maximum Gasteiger partial charge on any atom is 0.338 e. The number of halogens is 1. The van der Waals surface area contributed by atoms with Crippen molar-refractivity contribution >= 4 is 16.9 Å². The highest BCUT2D eigenvalue weighted by molar-refractivity contribution is 5.95. The van der Waals surface area contributed by atoms with E-state index in [0.717, 1.165) is 0 Å². The predicted octanol–water partition coefficient (Wildman–Crippen LogP) is 2.95. The van der Waals surface area contributed by atoms with Crippen molar-refractivity contribution < 1.29 is 18.7 Å². The minimum Gasteiger partial charge on any atom is -0.463 e. The van der Waals surface area contributed by atoms with E-state index < -0.39 is 17.7 Å². The largest absolute Gasteiger partial charge is 0.463 e. The molecule has 0 spiro atoms. The first kappa shape index (κ1) is 16.6. The van der Waals surface area contributed by atoms with Gasteiger partial charge >= 0.3 is 5.97 Å². The summed E-state index contributed by atoms with van der Waals surface area (Å²) >= 11 is 0. The van der Waals surface area contributed by atoms with Gasteiger partial charge in [0.25, 0.3) is 0 Å². The van der Waals surface area contributed by atoms with Gasteiger partial charge in [0, 0.05) is 11.6 Å². The Morgan fingerprint density at radius 2 is 2.24 bits per heavy atom. The number of nitriles is 1. The topological polar surface area (TPSA) is 101 Å². The van der Waals surface area contributed by atoms with E-state index >= 15 is 0 Å². The molecule has 7 heteroatoms. The second-order valence-corrected chi connectivity index (χ2v) is 5.52. The first-order chi connectivity index (χ1) is 12.0. The van der Waals surface area contributed by atoms with Gasteiger partial charge in [-0.25, -0.2) is 9.18 Å². The summed E-state index contributed by atoms with van der Waals surface area (Å²) in [6, 6.07) is 6.42. The van der Waals surface area contributed by atoms with Crippen LogP contribution in [0.4, 0.5) is 4.39 Å². The maximum atomic E-state index is 14.0. The second kappa shape index (κ2) is 6.32. The standard InChI is InChI=1S/C18H16FN3O3/c1-3-24-18(23)14-9(2)25-17(21)12(8-20)15(14)11-4-5-13(19)10-6-7-22-16(10)11/h4-7,15,22H,3,21H2,1-2H3. The molecule has 0 amide bonds. The fourth-order valence-corrected chi connectivity index (χ4v) is 3.05. The van der Waals surface area contributed by atoms with Crippen molar-refractivity contribution in [1.82, 2.24) is 4.98 Å². The number of allylic oxidation sites excluding steroid dienone is 2. The Labute approximate surface area is 143 Å². The molecule has 0 aliphatic carbocycles. The van der Waals surface area contributed by atoms with Crippen LogP contribution in [0.15, 0.2) is 47.2 Å². The molecule has 0 saturated carbocycles. The molecule has 128 valence electrons. The lowest BCUT2D eigenvalue weighted by Crippen LogP contribution is -2.25. The molecule has 1 aliphatic heterocycles. The van der Waals surface area contributed by atoms with Crippen molar-refractivity contribution in [3.8, 4) is 6.07 Å². The van der Waals surface area contributed by atoms with Crippen molar-refractivity contribution in [1.29, 1.82) is 5.26 Å². The Kier molecular flexibility index (Phi) is 4.19. The molecule has 1 atom stereocenters. The van der Waals surface area contributed by atoms with Crippen LogP contribution in [0, 0.1) is 17.1 Å². The molecule has 1 aromatic heterocycles. The van der Waals surface area contributed by atoms with Crippen molar-refractivity contribution in [3.63, 3.8) is 0 Å². The van der Waals surface area contributed by atoms with Crippen LogP contribution in [0.25, 0.3) is 10.9 Å². The third-order valence-corrected chi connectivity index (χ3v) is 4.11. The average Bonchev–Trinajstić information content (AvgIpc) is 3.05. The van der Waals surface area contributed by atoms with Gasteiger partial charge in [0.05, 0.1) is 23.6 Å². The van der Waals surface area contributed by atoms with E-state index in [9.17, 15) is 14.4 Å². The number of nitrogens with two attached hydrogens (primary N) is 1. The zero-order valence-electron chi connectivity index (χ0n) is 13.7. The smallest absolute Gasteiger partial charge is 0.338 e. The maximum absolute atomic E-state index is 14.0. The molecule has 0 fully saturated rings. The summed E-state index contributed by atoms with van der Waals surface area (Å²) < 4.78 is 24.5. The average molecular weight is 341 g/mol. The van der Waals surface area contributed by atoms with Crippen LogP contribution in [0.5, 0.6) is 0 Å². The van der Waals surface area contributed by atoms with Gasteiger partial charge in [-0.05, 0) is 31.5 Å². The molecule has 1 aromatic carbocycles. The Morgan fingerprint density at radius 3 is 2.92 bits per heavy atom. The molecule has 3 N–H and O–H groups in total. The van der Waals surface area contributed by atoms with E-state index in [1.807, 2.05) is 6.07 Å². The Morgan fingerprint density at radius 1 is 1.48 bits per heavy atom. The number of H-pyrrole nitrogens is 1. The number of fused-ring (bicyclic) bond motifs is 1. The first-order valence-corrected chi connectivity index (χ1v) is 7.70. The van der Waals surface area contributed by atoms with E-state index in [-0.39, 0.29) is 29.4 Å². The number of carbonyl (C=O) groups excluding carboxylic acids is 1. The van der Waals surface area contributed by atoms with Crippen LogP contribution in [-0.4, -0.2) is 17.6 Å². The number of esters is 1. The van der Waals surface area contributed by atoms with Crippen LogP contribution in [-0.2, 0) is 14.3 Å². The van der Waals surface area contributed by atoms with E-state index in [0.29, 0.717) is 16.5 Å². The van der Waals surface area contributed by atoms with Crippen LogP contribution in [0.3, 0.4) is 0 Å². The quantitative estimate of drug-likeness (QED) is 0.836. The number of nitrogens with one attached hydrogen (secondary N) is 1. The summed E-state index contributed by atoms with van der Waals surface area (Å²) in [5, 5.41) is 9.92. The van der Waals surface area contributed by atoms with Crippen molar-refractivity contribution in [2.24, 2.45) is 5.73 Å². The second-order valence-electron chi connectivity index (χ2n) is 5.52. The fourth-order valence-electron chi connectivity index (χ4n) is 3.05. The van der Waals surface area contributed by atoms with Gasteiger partial charge < -0.3 is 20.2 Å². The number of aromatic amines is 1. The molecule has 0 bridgehead atoms. The predicted molar refractivity (Wildman–Crippen MR) is 88.2 cm³/mol. The van der Waals surface area contributed by atoms with E-state index in [4.69, 9.17) is 15.2 Å². The molecule has 0 saturated heterocycles. The zero-order valence-corrected chi connectivity index (χ0v) is 13.7. The molecule has 1 unspecified atom stereocenters. The SMILES string of the molecule is CCOC(=O)C1=C(C)OC(N)=C(C#N)C1c1ccc(F)c2cc[nH]c12. The van der Waals surface area contributed by atoms with Crippen molar-refractivity contribution in [3.05, 3.63) is 58.6 Å². The highest BCUT2D eigenvalue weighted by atomic mass is 19.1. The number of rotatable bonds is 3. The monoisotopic (exact) mass is 341 g/mol. The number of hydrogen-bond donors (Lipinski definition) is 2. The molecular formula is C18H16FN3O3. The van der Waals surface area contributed by atoms with Crippen molar-refractivity contribution in [2.45, 2.75) is 19.8 Å². The summed E-state index contributed by atoms with van der Waals surface area (Å²) in [7, 11) is 0. The molecule has 25 heavy (non-hydrogen) atoms. The van der Waals surface area contributed by atoms with Crippen LogP contribution in [0.2, 0.25) is 0 Å². The van der Waals surface area contributed by atoms with E-state index in [2.05, 4.69) is 4.98 Å². The van der Waals surface area contributed by atoms with Crippen LogP contribution in [0.1, 0.15) is 25.3 Å². The third-order valence-electron chi connectivity index (χ3n) is 4.11. The summed E-state index contributed by atoms with van der Waals surface area (Å²) in [6.07, 6.45) is 1.59. The summed E-state index contributed by atoms with van der Waals surface area (Å²) in [5.74, 6) is -1.64. The zero-order chi connectivity index (χ0) is 18.1. The van der Waals surface area contributed by atoms with Gasteiger partial charge in [-0.3, -0.25) is 0 Å². The minimum atomic E-state index is -0.806. The Balaban J connectivity index is 2.28. The Bertz CT molecular complexity index is 966. The number of carbonyl (C=O) groups is 1. The number of aromatic nitrogens is 1. The summed E-state index contributed by atoms with van der Waals surface area (Å²) in [5.41, 5.74) is 7.15. The van der Waals surface area contributed by atoms with E-state index in [1.54, 1.807) is 26.1 Å². The van der Waals surface area contributed by atoms with Gasteiger partial charge in [0.2, 0.25) is 5.88 Å². The van der Waals surface area contributed by atoms with Gasteiger partial charge in [0.1, 0.15) is 23.2 Å². The number of nitrogens with zero attached hydrogens (tertiary/aromatic N) is 1. The lowest BCUT2D eigenvalue weighted by atomic mass is 9.82. The summed E-state index contributed by atoms with van der Waals surface area (Å²) in [4.78, 5) is 15.4. The van der Waals surface area contributed by atoms with Gasteiger partial charge in [-0.15, -0.1) is 0 Å². The third kappa shape index (κ3) is 2.62. The molecule has 1 aliphatic rings. The molecule has 3 rings (SSSR count). The normalized spacial score (nSPS) is 17.4. The molecule has 0 radical (unpaired) electrons. The lowest BCUT2D eigenvalue weighted by molar-refractivity contribution is -0.139. The fraction of sp³-hybridized carbons (Fsp3) is 0.222.